The third-order valence-corrected chi connectivity index (χ3v) is 8.95. The number of nitrogens with zero attached hydrogens (tertiary/aromatic N) is 6. The van der Waals surface area contributed by atoms with Gasteiger partial charge in [0.05, 0.1) is 35.1 Å². The number of carbonyl (C=O) groups is 5. The summed E-state index contributed by atoms with van der Waals surface area (Å²) in [5.74, 6) is -3.93. The molecule has 0 spiro atoms. The molecule has 1 aliphatic carbocycles. The van der Waals surface area contributed by atoms with Gasteiger partial charge in [-0.25, -0.2) is 9.67 Å². The van der Waals surface area contributed by atoms with Crippen LogP contribution in [0.1, 0.15) is 87.8 Å². The van der Waals surface area contributed by atoms with Gasteiger partial charge in [0.15, 0.2) is 0 Å². The minimum Gasteiger partial charge on any atom is -0.384 e. The molecule has 4 N–H and O–H groups in total. The van der Waals surface area contributed by atoms with E-state index in [9.17, 15) is 29.1 Å². The van der Waals surface area contributed by atoms with E-state index in [1.54, 1.807) is 38.1 Å². The number of ketones is 1. The minimum absolute atomic E-state index is 0.0163. The number of carbonyl (C=O) groups excluding carboxylic acids is 5. The number of fused-ring (bicyclic) bond motifs is 1. The second kappa shape index (κ2) is 13.9. The van der Waals surface area contributed by atoms with E-state index in [-0.39, 0.29) is 31.0 Å². The molecule has 5 rings (SSSR count). The first-order valence-electron chi connectivity index (χ1n) is 15.9. The zero-order valence-electron chi connectivity index (χ0n) is 26.8. The molecule has 2 fully saturated rings. The molecule has 1 saturated carbocycles. The highest BCUT2D eigenvalue weighted by Gasteiger charge is 2.44. The van der Waals surface area contributed by atoms with Gasteiger partial charge in [0.2, 0.25) is 11.7 Å². The summed E-state index contributed by atoms with van der Waals surface area (Å²) in [6.45, 7) is 4.47. The van der Waals surface area contributed by atoms with Crippen molar-refractivity contribution in [2.45, 2.75) is 89.4 Å². The molecule has 0 radical (unpaired) electrons. The van der Waals surface area contributed by atoms with E-state index >= 15 is 0 Å². The van der Waals surface area contributed by atoms with Crippen molar-refractivity contribution in [3.63, 3.8) is 0 Å². The first kappa shape index (κ1) is 33.5. The molecule has 4 amide bonds. The van der Waals surface area contributed by atoms with E-state index in [0.717, 1.165) is 32.1 Å². The molecule has 3 atom stereocenters. The summed E-state index contributed by atoms with van der Waals surface area (Å²) in [7, 11) is 0. The molecule has 1 aliphatic heterocycles. The molecule has 1 unspecified atom stereocenters. The molecular formula is C33H40N8O6. The number of primary amides is 1. The Morgan fingerprint density at radius 1 is 1.11 bits per heavy atom. The van der Waals surface area contributed by atoms with Crippen molar-refractivity contribution < 1.29 is 29.1 Å². The van der Waals surface area contributed by atoms with E-state index in [1.165, 1.54) is 28.9 Å². The average Bonchev–Trinajstić information content (AvgIpc) is 3.72. The fourth-order valence-electron chi connectivity index (χ4n) is 6.48. The zero-order valence-corrected chi connectivity index (χ0v) is 26.8. The van der Waals surface area contributed by atoms with Crippen LogP contribution in [0.4, 0.5) is 0 Å². The lowest BCUT2D eigenvalue weighted by Crippen LogP contribution is -2.52. The fourth-order valence-corrected chi connectivity index (χ4v) is 6.48. The van der Waals surface area contributed by atoms with Gasteiger partial charge in [-0.1, -0.05) is 55.5 Å². The van der Waals surface area contributed by atoms with Crippen LogP contribution in [0.3, 0.4) is 0 Å². The van der Waals surface area contributed by atoms with E-state index in [0.29, 0.717) is 22.2 Å². The lowest BCUT2D eigenvalue weighted by molar-refractivity contribution is -0.139. The van der Waals surface area contributed by atoms with E-state index < -0.39 is 53.1 Å². The van der Waals surface area contributed by atoms with Gasteiger partial charge in [-0.2, -0.15) is 0 Å². The number of nitrogens with one attached hydrogen (secondary N) is 1. The Kier molecular flexibility index (Phi) is 9.89. The van der Waals surface area contributed by atoms with Gasteiger partial charge in [0.1, 0.15) is 17.4 Å². The molecule has 1 aromatic carbocycles. The number of aliphatic imine (C=N–C) groups is 1. The summed E-state index contributed by atoms with van der Waals surface area (Å²) >= 11 is 0. The standard InChI is InChI=1S/C33H40N8O6/c1-19(28(42)29(34)43)37-31(45)26-16-21(41-27(17-36-39-41)33(2,3)47)18-40(26)32(46)25(15-20-9-5-4-6-10-20)38-30(44)23-13-14-35-24-12-8-7-11-22(23)24/h7-8,11-14,17,19-21,26,47H,4-6,9-10,15-16,18H2,1-3H3,(H2,34,43)(H,37,45)/b38-25+/t19?,21-,26-/m0/s1. The SMILES string of the molecule is CC(NC(=O)[C@@H]1C[C@H](n2nncc2C(C)(C)O)CN1C(=O)/C(CC1CCCCC1)=N/C(=O)c1ccnc2ccccc12)C(=O)C(N)=O. The predicted octanol–water partition coefficient (Wildman–Crippen LogP) is 2.01. The summed E-state index contributed by atoms with van der Waals surface area (Å²) in [5.41, 5.74) is 5.14. The molecule has 3 heterocycles. The van der Waals surface area contributed by atoms with Crippen LogP contribution in [-0.4, -0.2) is 83.7 Å². The van der Waals surface area contributed by atoms with Gasteiger partial charge in [0.25, 0.3) is 17.7 Å². The number of hydrogen-bond donors (Lipinski definition) is 3. The van der Waals surface area contributed by atoms with Crippen LogP contribution in [0.25, 0.3) is 10.9 Å². The second-order valence-electron chi connectivity index (χ2n) is 12.9. The van der Waals surface area contributed by atoms with Gasteiger partial charge < -0.3 is 21.1 Å². The summed E-state index contributed by atoms with van der Waals surface area (Å²) in [6.07, 6.45) is 8.11. The number of Topliss-reactive ketones (excluding diaryl/α,β-unsaturated/α-hetero) is 1. The predicted molar refractivity (Wildman–Crippen MR) is 171 cm³/mol. The Hall–Kier alpha value is -4.85. The smallest absolute Gasteiger partial charge is 0.287 e. The first-order chi connectivity index (χ1) is 22.3. The van der Waals surface area contributed by atoms with Gasteiger partial charge in [-0.15, -0.1) is 5.10 Å². The third kappa shape index (κ3) is 7.43. The Morgan fingerprint density at radius 3 is 2.53 bits per heavy atom. The Bertz CT molecular complexity index is 1720. The summed E-state index contributed by atoms with van der Waals surface area (Å²) in [4.78, 5) is 75.7. The average molecular weight is 645 g/mol. The molecular weight excluding hydrogens is 604 g/mol. The van der Waals surface area contributed by atoms with Crippen molar-refractivity contribution in [2.75, 3.05) is 6.54 Å². The highest BCUT2D eigenvalue weighted by molar-refractivity contribution is 6.41. The van der Waals surface area contributed by atoms with Crippen molar-refractivity contribution >= 4 is 46.0 Å². The lowest BCUT2D eigenvalue weighted by atomic mass is 9.85. The zero-order chi connectivity index (χ0) is 33.9. The number of likely N-dealkylation sites (tertiary alicyclic amines) is 1. The molecule has 14 heteroatoms. The Labute approximate surface area is 271 Å². The number of amides is 4. The highest BCUT2D eigenvalue weighted by atomic mass is 16.3. The van der Waals surface area contributed by atoms with Crippen LogP contribution < -0.4 is 11.1 Å². The minimum atomic E-state index is -1.32. The molecule has 47 heavy (non-hydrogen) atoms. The van der Waals surface area contributed by atoms with Crippen LogP contribution in [-0.2, 0) is 24.8 Å². The highest BCUT2D eigenvalue weighted by Crippen LogP contribution is 2.33. The summed E-state index contributed by atoms with van der Waals surface area (Å²) in [5, 5.41) is 22.0. The normalized spacial score (nSPS) is 19.8. The molecule has 248 valence electrons. The number of benzene rings is 1. The molecule has 0 bridgehead atoms. The number of hydrogen-bond acceptors (Lipinski definition) is 9. The largest absolute Gasteiger partial charge is 0.384 e. The number of para-hydroxylation sites is 1. The second-order valence-corrected chi connectivity index (χ2v) is 12.9. The molecule has 2 aromatic heterocycles. The number of rotatable bonds is 10. The quantitative estimate of drug-likeness (QED) is 0.218. The third-order valence-electron chi connectivity index (χ3n) is 8.95. The lowest BCUT2D eigenvalue weighted by Gasteiger charge is -2.27. The van der Waals surface area contributed by atoms with Crippen molar-refractivity contribution in [3.8, 4) is 0 Å². The number of aromatic nitrogens is 4. The maximum Gasteiger partial charge on any atom is 0.287 e. The maximum absolute atomic E-state index is 14.5. The monoisotopic (exact) mass is 644 g/mol. The van der Waals surface area contributed by atoms with Crippen LogP contribution in [0.15, 0.2) is 47.7 Å². The van der Waals surface area contributed by atoms with Gasteiger partial charge in [0, 0.05) is 24.5 Å². The molecule has 3 aromatic rings. The fraction of sp³-hybridized carbons (Fsp3) is 0.485. The van der Waals surface area contributed by atoms with Gasteiger partial charge in [-0.05, 0) is 45.2 Å². The Morgan fingerprint density at radius 2 is 1.83 bits per heavy atom. The van der Waals surface area contributed by atoms with Gasteiger partial charge in [-0.3, -0.25) is 29.0 Å². The number of nitrogens with two attached hydrogens (primary N) is 1. The van der Waals surface area contributed by atoms with Crippen molar-refractivity contribution in [1.82, 2.24) is 30.2 Å². The number of pyridine rings is 1. The van der Waals surface area contributed by atoms with E-state index in [4.69, 9.17) is 5.73 Å². The van der Waals surface area contributed by atoms with E-state index in [1.807, 2.05) is 6.07 Å². The summed E-state index contributed by atoms with van der Waals surface area (Å²) in [6, 6.07) is 5.79. The molecule has 1 saturated heterocycles. The molecule has 2 aliphatic rings. The van der Waals surface area contributed by atoms with Crippen molar-refractivity contribution in [3.05, 3.63) is 54.0 Å². The van der Waals surface area contributed by atoms with Crippen LogP contribution in [0.2, 0.25) is 0 Å². The van der Waals surface area contributed by atoms with Crippen LogP contribution in [0, 0.1) is 5.92 Å². The molecule has 14 nitrogen and oxygen atoms in total. The van der Waals surface area contributed by atoms with E-state index in [2.05, 4.69) is 25.6 Å². The van der Waals surface area contributed by atoms with Gasteiger partial charge >= 0.3 is 0 Å². The van der Waals surface area contributed by atoms with Crippen LogP contribution >= 0.6 is 0 Å². The topological polar surface area (TPSA) is 203 Å². The van der Waals surface area contributed by atoms with Crippen LogP contribution in [0.5, 0.6) is 0 Å². The van der Waals surface area contributed by atoms with Crippen molar-refractivity contribution in [1.29, 1.82) is 0 Å². The number of aliphatic hydroxyl groups is 1. The van der Waals surface area contributed by atoms with Crippen molar-refractivity contribution in [2.24, 2.45) is 16.6 Å². The summed E-state index contributed by atoms with van der Waals surface area (Å²) < 4.78 is 1.48. The first-order valence-corrected chi connectivity index (χ1v) is 15.9. The maximum atomic E-state index is 14.5. The Balaban J connectivity index is 1.52.